The highest BCUT2D eigenvalue weighted by molar-refractivity contribution is 5.69. The summed E-state index contributed by atoms with van der Waals surface area (Å²) in [5.74, 6) is 1.46. The number of anilines is 2. The van der Waals surface area contributed by atoms with Gasteiger partial charge >= 0.3 is 6.09 Å². The Morgan fingerprint density at radius 1 is 1.34 bits per heavy atom. The number of carbonyl (C=O) groups excluding carboxylic acids is 1. The van der Waals surface area contributed by atoms with Gasteiger partial charge in [0, 0.05) is 36.9 Å². The molecule has 3 aromatic heterocycles. The van der Waals surface area contributed by atoms with E-state index in [0.717, 1.165) is 42.7 Å². The second kappa shape index (κ2) is 8.45. The van der Waals surface area contributed by atoms with Crippen molar-refractivity contribution < 1.29 is 23.4 Å². The number of methoxy groups -OCH3 is 1. The van der Waals surface area contributed by atoms with Crippen LogP contribution in [0.2, 0.25) is 0 Å². The smallest absolute Gasteiger partial charge is 0.408 e. The second-order valence-corrected chi connectivity index (χ2v) is 9.83. The van der Waals surface area contributed by atoms with Gasteiger partial charge in [0.2, 0.25) is 5.95 Å². The van der Waals surface area contributed by atoms with Gasteiger partial charge in [-0.25, -0.2) is 19.2 Å². The second-order valence-electron chi connectivity index (χ2n) is 9.83. The summed E-state index contributed by atoms with van der Waals surface area (Å²) < 4.78 is 33.0. The van der Waals surface area contributed by atoms with Crippen LogP contribution < -0.4 is 10.6 Å². The molecule has 4 heterocycles. The molecule has 2 saturated carbocycles. The standard InChI is InChI=1S/C23H28FN7O4/c1-23(5-6-23)28-22(32)35-16-11-34-20(19(16)24)15-7-17(30-29-15)27-21-26-14(12-3-4-12)8-18-25-13(10-33-2)9-31(18)21/h7-9,12,16,19-20H,3-6,10-11H2,1-2H3,(H,28,32)(H2,26,27,29,30)/t16-,19+,20-/m0/s1. The van der Waals surface area contributed by atoms with Gasteiger partial charge in [-0.1, -0.05) is 0 Å². The Hall–Kier alpha value is -3.25. The summed E-state index contributed by atoms with van der Waals surface area (Å²) in [4.78, 5) is 21.5. The van der Waals surface area contributed by atoms with Crippen molar-refractivity contribution in [2.75, 3.05) is 19.0 Å². The number of nitrogens with one attached hydrogen (secondary N) is 3. The predicted molar refractivity (Wildman–Crippen MR) is 122 cm³/mol. The van der Waals surface area contributed by atoms with E-state index in [2.05, 4.69) is 25.8 Å². The Kier molecular flexibility index (Phi) is 5.37. The van der Waals surface area contributed by atoms with E-state index in [9.17, 15) is 4.79 Å². The number of halogens is 1. The van der Waals surface area contributed by atoms with E-state index >= 15 is 4.39 Å². The van der Waals surface area contributed by atoms with E-state index < -0.39 is 24.5 Å². The van der Waals surface area contributed by atoms with Gasteiger partial charge in [-0.2, -0.15) is 5.10 Å². The molecule has 3 aliphatic rings. The molecule has 11 nitrogen and oxygen atoms in total. The lowest BCUT2D eigenvalue weighted by Gasteiger charge is -2.17. The number of hydrogen-bond acceptors (Lipinski definition) is 8. The average molecular weight is 486 g/mol. The fraction of sp³-hybridized carbons (Fsp3) is 0.565. The van der Waals surface area contributed by atoms with Crippen molar-refractivity contribution in [3.63, 3.8) is 0 Å². The molecule has 0 aromatic carbocycles. The van der Waals surface area contributed by atoms with Crippen LogP contribution in [0.15, 0.2) is 18.3 Å². The number of ether oxygens (including phenoxy) is 3. The summed E-state index contributed by atoms with van der Waals surface area (Å²) in [5.41, 5.74) is 2.75. The van der Waals surface area contributed by atoms with Crippen molar-refractivity contribution >= 4 is 23.5 Å². The third kappa shape index (κ3) is 4.55. The minimum atomic E-state index is -1.52. The number of H-pyrrole nitrogens is 1. The molecule has 3 aromatic rings. The van der Waals surface area contributed by atoms with Crippen molar-refractivity contribution in [1.82, 2.24) is 29.9 Å². The Bertz CT molecular complexity index is 1250. The number of alkyl carbamates (subject to hydrolysis) is 1. The number of aromatic amines is 1. The molecule has 0 unspecified atom stereocenters. The lowest BCUT2D eigenvalue weighted by atomic mass is 10.1. The molecule has 186 valence electrons. The number of imidazole rings is 1. The molecular formula is C23H28FN7O4. The molecule has 3 atom stereocenters. The van der Waals surface area contributed by atoms with Crippen LogP contribution in [0.5, 0.6) is 0 Å². The highest BCUT2D eigenvalue weighted by Crippen LogP contribution is 2.40. The molecule has 1 amide bonds. The van der Waals surface area contributed by atoms with Crippen LogP contribution >= 0.6 is 0 Å². The first-order valence-electron chi connectivity index (χ1n) is 11.9. The quantitative estimate of drug-likeness (QED) is 0.444. The van der Waals surface area contributed by atoms with Crippen molar-refractivity contribution in [3.05, 3.63) is 35.4 Å². The minimum absolute atomic E-state index is 0.0271. The molecule has 1 aliphatic heterocycles. The van der Waals surface area contributed by atoms with E-state index in [1.54, 1.807) is 13.2 Å². The number of fused-ring (bicyclic) bond motifs is 1. The van der Waals surface area contributed by atoms with E-state index in [1.165, 1.54) is 0 Å². The normalized spacial score (nSPS) is 25.1. The van der Waals surface area contributed by atoms with Crippen LogP contribution in [0.4, 0.5) is 21.0 Å². The summed E-state index contributed by atoms with van der Waals surface area (Å²) in [6.07, 6.45) is 1.84. The summed E-state index contributed by atoms with van der Waals surface area (Å²) >= 11 is 0. The van der Waals surface area contributed by atoms with Crippen molar-refractivity contribution in [2.24, 2.45) is 0 Å². The topological polar surface area (TPSA) is 128 Å². The monoisotopic (exact) mass is 485 g/mol. The Balaban J connectivity index is 1.17. The lowest BCUT2D eigenvalue weighted by Crippen LogP contribution is -2.39. The fourth-order valence-corrected chi connectivity index (χ4v) is 4.28. The zero-order valence-corrected chi connectivity index (χ0v) is 19.6. The van der Waals surface area contributed by atoms with Gasteiger partial charge < -0.3 is 24.8 Å². The largest absolute Gasteiger partial charge is 0.441 e. The average Bonchev–Trinajstić information content (AvgIpc) is 3.66. The molecule has 3 fully saturated rings. The maximum Gasteiger partial charge on any atom is 0.408 e. The molecule has 0 spiro atoms. The number of carbonyl (C=O) groups is 1. The summed E-state index contributed by atoms with van der Waals surface area (Å²) in [7, 11) is 1.63. The van der Waals surface area contributed by atoms with Crippen LogP contribution in [0.1, 0.15) is 61.7 Å². The SMILES string of the molecule is COCc1cn2c(Nc3cc([C@@H]4OC[C@H](OC(=O)NC5(C)CC5)[C@H]4F)[nH]n3)nc(C3CC3)cc2n1. The van der Waals surface area contributed by atoms with Crippen LogP contribution in [0.25, 0.3) is 5.65 Å². The number of nitrogens with zero attached hydrogens (tertiary/aromatic N) is 4. The van der Waals surface area contributed by atoms with E-state index in [1.807, 2.05) is 23.6 Å². The van der Waals surface area contributed by atoms with E-state index in [0.29, 0.717) is 30.0 Å². The fourth-order valence-electron chi connectivity index (χ4n) is 4.28. The Labute approximate surface area is 200 Å². The number of amides is 1. The molecule has 3 N–H and O–H groups in total. The molecule has 1 saturated heterocycles. The van der Waals surface area contributed by atoms with Gasteiger partial charge in [0.05, 0.1) is 30.3 Å². The third-order valence-electron chi connectivity index (χ3n) is 6.70. The van der Waals surface area contributed by atoms with Crippen molar-refractivity contribution in [1.29, 1.82) is 0 Å². The first kappa shape index (κ1) is 22.2. The third-order valence-corrected chi connectivity index (χ3v) is 6.70. The molecule has 0 bridgehead atoms. The number of rotatable bonds is 8. The lowest BCUT2D eigenvalue weighted by molar-refractivity contribution is 0.0604. The van der Waals surface area contributed by atoms with Crippen molar-refractivity contribution in [2.45, 2.75) is 69.1 Å². The summed E-state index contributed by atoms with van der Waals surface area (Å²) in [5, 5.41) is 13.1. The van der Waals surface area contributed by atoms with Gasteiger partial charge in [-0.3, -0.25) is 9.50 Å². The van der Waals surface area contributed by atoms with Crippen molar-refractivity contribution in [3.8, 4) is 0 Å². The molecule has 0 radical (unpaired) electrons. The highest BCUT2D eigenvalue weighted by atomic mass is 19.1. The molecular weight excluding hydrogens is 457 g/mol. The van der Waals surface area contributed by atoms with Gasteiger partial charge in [-0.05, 0) is 32.6 Å². The number of aromatic nitrogens is 5. The van der Waals surface area contributed by atoms with Crippen LogP contribution in [-0.4, -0.2) is 62.2 Å². The Morgan fingerprint density at radius 2 is 2.17 bits per heavy atom. The molecule has 35 heavy (non-hydrogen) atoms. The Morgan fingerprint density at radius 3 is 2.91 bits per heavy atom. The van der Waals surface area contributed by atoms with E-state index in [4.69, 9.17) is 19.2 Å². The molecule has 2 aliphatic carbocycles. The van der Waals surface area contributed by atoms with Gasteiger partial charge in [0.1, 0.15) is 11.8 Å². The zero-order chi connectivity index (χ0) is 24.2. The van der Waals surface area contributed by atoms with Gasteiger partial charge in [-0.15, -0.1) is 0 Å². The van der Waals surface area contributed by atoms with Gasteiger partial charge in [0.25, 0.3) is 0 Å². The predicted octanol–water partition coefficient (Wildman–Crippen LogP) is 3.28. The maximum absolute atomic E-state index is 15.1. The first-order chi connectivity index (χ1) is 16.9. The maximum atomic E-state index is 15.1. The molecule has 6 rings (SSSR count). The van der Waals surface area contributed by atoms with Crippen LogP contribution in [0, 0.1) is 0 Å². The molecule has 12 heteroatoms. The highest BCUT2D eigenvalue weighted by Gasteiger charge is 2.44. The van der Waals surface area contributed by atoms with Crippen LogP contribution in [-0.2, 0) is 20.8 Å². The van der Waals surface area contributed by atoms with E-state index in [-0.39, 0.29) is 12.1 Å². The van der Waals surface area contributed by atoms with Gasteiger partial charge in [0.15, 0.2) is 18.1 Å². The number of hydrogen-bond donors (Lipinski definition) is 3. The number of alkyl halides is 1. The zero-order valence-electron chi connectivity index (χ0n) is 19.6. The minimum Gasteiger partial charge on any atom is -0.441 e. The first-order valence-corrected chi connectivity index (χ1v) is 11.9. The summed E-state index contributed by atoms with van der Waals surface area (Å²) in [6, 6.07) is 3.67. The summed E-state index contributed by atoms with van der Waals surface area (Å²) in [6.45, 7) is 2.30. The van der Waals surface area contributed by atoms with Crippen LogP contribution in [0.3, 0.4) is 0 Å².